The number of fused-ring (bicyclic) bond motifs is 1. The van der Waals surface area contributed by atoms with Gasteiger partial charge in [0.2, 0.25) is 5.95 Å². The average Bonchev–Trinajstić information content (AvgIpc) is 3.31. The number of hydrogen-bond donors (Lipinski definition) is 3. The Hall–Kier alpha value is -2.89. The Balaban J connectivity index is 1.38. The molecule has 3 aromatic rings. The number of carbonyl (C=O) groups excluding carboxylic acids is 1. The molecule has 0 aliphatic heterocycles. The van der Waals surface area contributed by atoms with E-state index in [1.54, 1.807) is 6.07 Å². The molecule has 6 heteroatoms. The number of nitrogens with zero attached hydrogens (tertiary/aromatic N) is 2. The first-order valence-corrected chi connectivity index (χ1v) is 9.64. The third-order valence-corrected chi connectivity index (χ3v) is 5.13. The van der Waals surface area contributed by atoms with Crippen molar-refractivity contribution in [2.24, 2.45) is 0 Å². The molecule has 0 atom stereocenters. The quantitative estimate of drug-likeness (QED) is 0.625. The van der Waals surface area contributed by atoms with Gasteiger partial charge in [-0.05, 0) is 43.9 Å². The van der Waals surface area contributed by atoms with Crippen molar-refractivity contribution in [3.63, 3.8) is 0 Å². The Morgan fingerprint density at radius 2 is 2.04 bits per heavy atom. The minimum Gasteiger partial charge on any atom is -0.361 e. The molecule has 27 heavy (non-hydrogen) atoms. The van der Waals surface area contributed by atoms with E-state index in [0.29, 0.717) is 24.2 Å². The summed E-state index contributed by atoms with van der Waals surface area (Å²) >= 11 is 0. The van der Waals surface area contributed by atoms with E-state index in [2.05, 4.69) is 37.7 Å². The van der Waals surface area contributed by atoms with Crippen LogP contribution in [0.5, 0.6) is 0 Å². The topological polar surface area (TPSA) is 82.7 Å². The van der Waals surface area contributed by atoms with Crippen LogP contribution < -0.4 is 10.6 Å². The zero-order valence-electron chi connectivity index (χ0n) is 15.6. The average molecular weight is 363 g/mol. The van der Waals surface area contributed by atoms with Crippen LogP contribution in [0.15, 0.2) is 36.5 Å². The second-order valence-electron chi connectivity index (χ2n) is 7.21. The maximum Gasteiger partial charge on any atom is 0.270 e. The summed E-state index contributed by atoms with van der Waals surface area (Å²) in [5, 5.41) is 7.55. The Bertz CT molecular complexity index is 943. The van der Waals surface area contributed by atoms with E-state index < -0.39 is 0 Å². The van der Waals surface area contributed by atoms with E-state index in [9.17, 15) is 4.79 Å². The van der Waals surface area contributed by atoms with Crippen LogP contribution >= 0.6 is 0 Å². The molecule has 0 bridgehead atoms. The third kappa shape index (κ3) is 4.10. The number of nitrogens with one attached hydrogen (secondary N) is 3. The normalized spacial score (nSPS) is 14.6. The molecule has 1 aliphatic carbocycles. The fourth-order valence-corrected chi connectivity index (χ4v) is 3.74. The molecular weight excluding hydrogens is 338 g/mol. The highest BCUT2D eigenvalue weighted by molar-refractivity contribution is 5.92. The van der Waals surface area contributed by atoms with Crippen LogP contribution in [-0.2, 0) is 6.42 Å². The predicted octanol–water partition coefficient (Wildman–Crippen LogP) is 3.59. The molecular formula is C21H25N5O. The van der Waals surface area contributed by atoms with Gasteiger partial charge in [-0.1, -0.05) is 31.0 Å². The van der Waals surface area contributed by atoms with Gasteiger partial charge in [-0.3, -0.25) is 4.79 Å². The summed E-state index contributed by atoms with van der Waals surface area (Å²) < 4.78 is 0. The number of rotatable bonds is 6. The Morgan fingerprint density at radius 1 is 1.22 bits per heavy atom. The molecule has 1 aromatic carbocycles. The maximum absolute atomic E-state index is 12.5. The number of aryl methyl sites for hydroxylation is 1. The monoisotopic (exact) mass is 363 g/mol. The van der Waals surface area contributed by atoms with Crippen LogP contribution in [0.4, 0.5) is 5.95 Å². The standard InChI is InChI=1S/C21H25N5O/c1-14-12-19(26-21(24-14)25-16-6-2-3-7-16)20(27)22-11-10-15-13-23-18-9-5-4-8-17(15)18/h4-5,8-9,12-13,16,23H,2-3,6-7,10-11H2,1H3,(H,22,27)(H,24,25,26). The number of carbonyl (C=O) groups is 1. The van der Waals surface area contributed by atoms with E-state index in [1.165, 1.54) is 23.8 Å². The van der Waals surface area contributed by atoms with Crippen LogP contribution in [0, 0.1) is 6.92 Å². The molecule has 1 fully saturated rings. The van der Waals surface area contributed by atoms with Crippen molar-refractivity contribution in [1.29, 1.82) is 0 Å². The smallest absolute Gasteiger partial charge is 0.270 e. The molecule has 2 heterocycles. The molecule has 1 aliphatic rings. The van der Waals surface area contributed by atoms with Crippen molar-refractivity contribution in [1.82, 2.24) is 20.3 Å². The van der Waals surface area contributed by atoms with Gasteiger partial charge in [0.05, 0.1) is 0 Å². The highest BCUT2D eigenvalue weighted by Gasteiger charge is 2.17. The van der Waals surface area contributed by atoms with Crippen LogP contribution in [0.3, 0.4) is 0 Å². The van der Waals surface area contributed by atoms with Crippen LogP contribution in [0.2, 0.25) is 0 Å². The molecule has 1 saturated carbocycles. The fourth-order valence-electron chi connectivity index (χ4n) is 3.74. The van der Waals surface area contributed by atoms with E-state index in [0.717, 1.165) is 30.5 Å². The highest BCUT2D eigenvalue weighted by Crippen LogP contribution is 2.21. The fraction of sp³-hybridized carbons (Fsp3) is 0.381. The summed E-state index contributed by atoms with van der Waals surface area (Å²) in [5.41, 5.74) is 3.54. The minimum atomic E-state index is -0.158. The van der Waals surface area contributed by atoms with E-state index in [4.69, 9.17) is 0 Å². The van der Waals surface area contributed by atoms with E-state index in [-0.39, 0.29) is 5.91 Å². The Labute approximate surface area is 158 Å². The summed E-state index contributed by atoms with van der Waals surface area (Å²) in [6.07, 6.45) is 7.55. The lowest BCUT2D eigenvalue weighted by molar-refractivity contribution is 0.0949. The molecule has 0 saturated heterocycles. The van der Waals surface area contributed by atoms with Gasteiger partial charge in [-0.25, -0.2) is 9.97 Å². The number of aromatic nitrogens is 3. The second-order valence-corrected chi connectivity index (χ2v) is 7.21. The third-order valence-electron chi connectivity index (χ3n) is 5.13. The first-order chi connectivity index (χ1) is 13.2. The number of H-pyrrole nitrogens is 1. The number of para-hydroxylation sites is 1. The molecule has 3 N–H and O–H groups in total. The number of aromatic amines is 1. The van der Waals surface area contributed by atoms with Gasteiger partial charge < -0.3 is 15.6 Å². The van der Waals surface area contributed by atoms with E-state index >= 15 is 0 Å². The van der Waals surface area contributed by atoms with Crippen molar-refractivity contribution < 1.29 is 4.79 Å². The molecule has 0 radical (unpaired) electrons. The van der Waals surface area contributed by atoms with Crippen molar-refractivity contribution in [2.75, 3.05) is 11.9 Å². The summed E-state index contributed by atoms with van der Waals surface area (Å²) in [4.78, 5) is 24.7. The van der Waals surface area contributed by atoms with E-state index in [1.807, 2.05) is 25.3 Å². The summed E-state index contributed by atoms with van der Waals surface area (Å²) in [6, 6.07) is 10.3. The Kier molecular flexibility index (Phi) is 5.05. The number of hydrogen-bond acceptors (Lipinski definition) is 4. The molecule has 6 nitrogen and oxygen atoms in total. The van der Waals surface area contributed by atoms with Gasteiger partial charge in [0.15, 0.2) is 0 Å². The predicted molar refractivity (Wildman–Crippen MR) is 107 cm³/mol. The largest absolute Gasteiger partial charge is 0.361 e. The van der Waals surface area contributed by atoms with Gasteiger partial charge in [-0.15, -0.1) is 0 Å². The molecule has 140 valence electrons. The van der Waals surface area contributed by atoms with Gasteiger partial charge in [0.25, 0.3) is 5.91 Å². The van der Waals surface area contributed by atoms with Gasteiger partial charge in [0.1, 0.15) is 5.69 Å². The highest BCUT2D eigenvalue weighted by atomic mass is 16.1. The van der Waals surface area contributed by atoms with Gasteiger partial charge in [0, 0.05) is 35.4 Å². The number of benzene rings is 1. The lowest BCUT2D eigenvalue weighted by Crippen LogP contribution is -2.27. The first-order valence-electron chi connectivity index (χ1n) is 9.64. The lowest BCUT2D eigenvalue weighted by atomic mass is 10.1. The molecule has 4 rings (SSSR count). The van der Waals surface area contributed by atoms with Crippen LogP contribution in [-0.4, -0.2) is 33.4 Å². The number of amides is 1. The van der Waals surface area contributed by atoms with Crippen LogP contribution in [0.1, 0.15) is 47.4 Å². The lowest BCUT2D eigenvalue weighted by Gasteiger charge is -2.13. The van der Waals surface area contributed by atoms with Gasteiger partial charge in [-0.2, -0.15) is 0 Å². The number of anilines is 1. The van der Waals surface area contributed by atoms with Crippen molar-refractivity contribution >= 4 is 22.8 Å². The van der Waals surface area contributed by atoms with Crippen molar-refractivity contribution in [3.8, 4) is 0 Å². The molecule has 2 aromatic heterocycles. The summed E-state index contributed by atoms with van der Waals surface area (Å²) in [6.45, 7) is 2.46. The van der Waals surface area contributed by atoms with Crippen molar-refractivity contribution in [3.05, 3.63) is 53.5 Å². The van der Waals surface area contributed by atoms with Crippen LogP contribution in [0.25, 0.3) is 10.9 Å². The zero-order chi connectivity index (χ0) is 18.6. The second kappa shape index (κ2) is 7.78. The van der Waals surface area contributed by atoms with Crippen molar-refractivity contribution in [2.45, 2.75) is 45.1 Å². The summed E-state index contributed by atoms with van der Waals surface area (Å²) in [5.74, 6) is 0.401. The Morgan fingerprint density at radius 3 is 2.89 bits per heavy atom. The zero-order valence-corrected chi connectivity index (χ0v) is 15.6. The van der Waals surface area contributed by atoms with Gasteiger partial charge >= 0.3 is 0 Å². The first kappa shape index (κ1) is 17.5. The summed E-state index contributed by atoms with van der Waals surface area (Å²) in [7, 11) is 0. The minimum absolute atomic E-state index is 0.158. The maximum atomic E-state index is 12.5. The SMILES string of the molecule is Cc1cc(C(=O)NCCc2c[nH]c3ccccc23)nc(NC2CCCC2)n1. The molecule has 1 amide bonds. The molecule has 0 spiro atoms. The molecule has 0 unspecified atom stereocenters.